The van der Waals surface area contributed by atoms with Gasteiger partial charge >= 0.3 is 0 Å². The molecule has 0 aliphatic carbocycles. The van der Waals surface area contributed by atoms with Crippen LogP contribution in [0.5, 0.6) is 5.75 Å². The Balaban J connectivity index is 2.92. The van der Waals surface area contributed by atoms with Crippen molar-refractivity contribution >= 4 is 16.6 Å². The van der Waals surface area contributed by atoms with Crippen molar-refractivity contribution < 1.29 is 5.11 Å². The summed E-state index contributed by atoms with van der Waals surface area (Å²) in [7, 11) is 0. The molecule has 0 saturated heterocycles. The summed E-state index contributed by atoms with van der Waals surface area (Å²) < 4.78 is 0. The third-order valence-corrected chi connectivity index (χ3v) is 1.85. The number of aromatic nitrogens is 1. The van der Waals surface area contributed by atoms with Crippen molar-refractivity contribution in [3.8, 4) is 5.75 Å². The van der Waals surface area contributed by atoms with E-state index in [1.165, 1.54) is 6.07 Å². The molecule has 4 nitrogen and oxygen atoms in total. The molecule has 1 aromatic heterocycles. The van der Waals surface area contributed by atoms with E-state index >= 15 is 0 Å². The molecule has 0 spiro atoms. The van der Waals surface area contributed by atoms with E-state index in [0.717, 1.165) is 0 Å². The van der Waals surface area contributed by atoms with Crippen LogP contribution < -0.4 is 0 Å². The third kappa shape index (κ3) is 1.12. The van der Waals surface area contributed by atoms with Crippen LogP contribution in [0.4, 0.5) is 5.69 Å². The molecule has 4 heteroatoms. The van der Waals surface area contributed by atoms with Crippen molar-refractivity contribution in [2.45, 2.75) is 0 Å². The molecule has 2 N–H and O–H groups in total. The van der Waals surface area contributed by atoms with E-state index in [9.17, 15) is 5.11 Å². The van der Waals surface area contributed by atoms with E-state index in [0.29, 0.717) is 16.6 Å². The monoisotopic (exact) mass is 173 g/mol. The van der Waals surface area contributed by atoms with E-state index in [4.69, 9.17) is 5.53 Å². The average molecular weight is 173 g/mol. The van der Waals surface area contributed by atoms with E-state index in [1.807, 2.05) is 0 Å². The van der Waals surface area contributed by atoms with Crippen molar-refractivity contribution in [2.24, 2.45) is 5.11 Å². The van der Waals surface area contributed by atoms with Crippen LogP contribution in [0, 0.1) is 5.53 Å². The number of fused-ring (bicyclic) bond motifs is 1. The Labute approximate surface area is 74.4 Å². The molecule has 0 atom stereocenters. The lowest BCUT2D eigenvalue weighted by Gasteiger charge is -2.00. The number of benzene rings is 1. The van der Waals surface area contributed by atoms with Gasteiger partial charge in [0.2, 0.25) is 0 Å². The van der Waals surface area contributed by atoms with Crippen LogP contribution in [0.3, 0.4) is 0 Å². The fourth-order valence-corrected chi connectivity index (χ4v) is 1.24. The zero-order valence-corrected chi connectivity index (χ0v) is 6.73. The third-order valence-electron chi connectivity index (χ3n) is 1.85. The number of pyridine rings is 1. The van der Waals surface area contributed by atoms with E-state index in [2.05, 4.69) is 10.1 Å². The second-order valence-corrected chi connectivity index (χ2v) is 2.62. The maximum atomic E-state index is 9.43. The Morgan fingerprint density at radius 1 is 1.31 bits per heavy atom. The maximum Gasteiger partial charge on any atom is 0.141 e. The molecule has 0 fully saturated rings. The topological polar surface area (TPSA) is 69.3 Å². The standard InChI is InChI=1S/C9H7N3O/c10-12-7-3-4-8(13)9-6(7)2-1-5-11-9/h1-5,10,13H. The van der Waals surface area contributed by atoms with E-state index in [1.54, 1.807) is 24.4 Å². The zero-order chi connectivity index (χ0) is 9.26. The number of phenolic OH excluding ortho intramolecular Hbond substituents is 1. The van der Waals surface area contributed by atoms with Crippen LogP contribution in [-0.4, -0.2) is 10.1 Å². The van der Waals surface area contributed by atoms with Gasteiger partial charge in [-0.15, -0.1) is 0 Å². The SMILES string of the molecule is N=Nc1ccc(O)c2ncccc12. The lowest BCUT2D eigenvalue weighted by atomic mass is 10.2. The fraction of sp³-hybridized carbons (Fsp3) is 0. The van der Waals surface area contributed by atoms with Gasteiger partial charge in [0.05, 0.1) is 5.69 Å². The van der Waals surface area contributed by atoms with Gasteiger partial charge in [0.15, 0.2) is 0 Å². The summed E-state index contributed by atoms with van der Waals surface area (Å²) in [5.41, 5.74) is 7.91. The minimum Gasteiger partial charge on any atom is -0.506 e. The van der Waals surface area contributed by atoms with Gasteiger partial charge in [-0.25, -0.2) is 5.53 Å². The fourth-order valence-electron chi connectivity index (χ4n) is 1.24. The molecule has 13 heavy (non-hydrogen) atoms. The number of hydrogen-bond donors (Lipinski definition) is 2. The number of phenols is 1. The minimum atomic E-state index is 0.114. The van der Waals surface area contributed by atoms with Crippen molar-refractivity contribution in [3.05, 3.63) is 30.5 Å². The van der Waals surface area contributed by atoms with Gasteiger partial charge in [-0.2, -0.15) is 5.11 Å². The molecule has 2 rings (SSSR count). The lowest BCUT2D eigenvalue weighted by molar-refractivity contribution is 0.480. The lowest BCUT2D eigenvalue weighted by Crippen LogP contribution is -1.78. The number of rotatable bonds is 1. The second-order valence-electron chi connectivity index (χ2n) is 2.62. The second kappa shape index (κ2) is 2.82. The molecule has 1 heterocycles. The van der Waals surface area contributed by atoms with Gasteiger partial charge in [-0.1, -0.05) is 0 Å². The molecule has 64 valence electrons. The van der Waals surface area contributed by atoms with Gasteiger partial charge in [0.1, 0.15) is 11.3 Å². The van der Waals surface area contributed by atoms with Gasteiger partial charge in [0, 0.05) is 11.6 Å². The molecule has 1 aromatic carbocycles. The molecule has 2 aromatic rings. The Morgan fingerprint density at radius 3 is 2.92 bits per heavy atom. The van der Waals surface area contributed by atoms with Crippen LogP contribution in [-0.2, 0) is 0 Å². The Bertz CT molecular complexity index is 467. The highest BCUT2D eigenvalue weighted by Crippen LogP contribution is 2.30. The van der Waals surface area contributed by atoms with Crippen molar-refractivity contribution in [1.29, 1.82) is 5.53 Å². The highest BCUT2D eigenvalue weighted by molar-refractivity contribution is 5.93. The summed E-state index contributed by atoms with van der Waals surface area (Å²) in [6.07, 6.45) is 1.59. The van der Waals surface area contributed by atoms with Crippen molar-refractivity contribution in [2.75, 3.05) is 0 Å². The summed E-state index contributed by atoms with van der Waals surface area (Å²) in [6.45, 7) is 0. The first kappa shape index (κ1) is 7.67. The van der Waals surface area contributed by atoms with Crippen LogP contribution in [0.2, 0.25) is 0 Å². The number of hydrogen-bond acceptors (Lipinski definition) is 4. The Hall–Kier alpha value is -1.97. The highest BCUT2D eigenvalue weighted by Gasteiger charge is 2.03. The number of nitrogens with zero attached hydrogens (tertiary/aromatic N) is 2. The summed E-state index contributed by atoms with van der Waals surface area (Å²) in [6, 6.07) is 6.60. The van der Waals surface area contributed by atoms with Gasteiger partial charge in [-0.05, 0) is 24.3 Å². The predicted octanol–water partition coefficient (Wildman–Crippen LogP) is 2.60. The molecule has 0 amide bonds. The summed E-state index contributed by atoms with van der Waals surface area (Å²) in [5, 5.41) is 13.5. The Kier molecular flexibility index (Phi) is 1.66. The zero-order valence-electron chi connectivity index (χ0n) is 6.73. The first-order valence-corrected chi connectivity index (χ1v) is 3.77. The molecule has 0 aliphatic rings. The van der Waals surface area contributed by atoms with Crippen molar-refractivity contribution in [3.63, 3.8) is 0 Å². The molecule has 0 saturated carbocycles. The largest absolute Gasteiger partial charge is 0.506 e. The van der Waals surface area contributed by atoms with Crippen molar-refractivity contribution in [1.82, 2.24) is 4.98 Å². The molecule has 0 aliphatic heterocycles. The highest BCUT2D eigenvalue weighted by atomic mass is 16.3. The molecule has 0 radical (unpaired) electrons. The average Bonchev–Trinajstić information content (AvgIpc) is 2.19. The molecule has 0 unspecified atom stereocenters. The maximum absolute atomic E-state index is 9.43. The summed E-state index contributed by atoms with van der Waals surface area (Å²) in [4.78, 5) is 4.00. The van der Waals surface area contributed by atoms with E-state index < -0.39 is 0 Å². The number of aromatic hydroxyl groups is 1. The normalized spacial score (nSPS) is 10.2. The smallest absolute Gasteiger partial charge is 0.141 e. The Morgan fingerprint density at radius 2 is 2.15 bits per heavy atom. The molecule has 0 bridgehead atoms. The van der Waals surface area contributed by atoms with Crippen LogP contribution in [0.15, 0.2) is 35.6 Å². The minimum absolute atomic E-state index is 0.114. The summed E-state index contributed by atoms with van der Waals surface area (Å²) in [5.74, 6) is 0.114. The first-order chi connectivity index (χ1) is 6.33. The van der Waals surface area contributed by atoms with Crippen LogP contribution in [0.25, 0.3) is 10.9 Å². The van der Waals surface area contributed by atoms with Gasteiger partial charge in [0.25, 0.3) is 0 Å². The predicted molar refractivity (Wildman–Crippen MR) is 48.2 cm³/mol. The quantitative estimate of drug-likeness (QED) is 0.650. The van der Waals surface area contributed by atoms with Crippen LogP contribution in [0.1, 0.15) is 0 Å². The molecular weight excluding hydrogens is 166 g/mol. The van der Waals surface area contributed by atoms with Gasteiger partial charge < -0.3 is 5.11 Å². The van der Waals surface area contributed by atoms with Crippen LogP contribution >= 0.6 is 0 Å². The first-order valence-electron chi connectivity index (χ1n) is 3.77. The molecular formula is C9H7N3O. The van der Waals surface area contributed by atoms with Gasteiger partial charge in [-0.3, -0.25) is 4.98 Å². The van der Waals surface area contributed by atoms with E-state index in [-0.39, 0.29) is 5.75 Å². The number of nitrogens with one attached hydrogen (secondary N) is 1. The summed E-state index contributed by atoms with van der Waals surface area (Å²) >= 11 is 0.